The van der Waals surface area contributed by atoms with E-state index in [9.17, 15) is 4.79 Å². The Hall–Kier alpha value is -1.96. The van der Waals surface area contributed by atoms with Crippen LogP contribution in [0.15, 0.2) is 60.7 Å². The summed E-state index contributed by atoms with van der Waals surface area (Å²) in [5.41, 5.74) is 0.806. The number of benzene rings is 2. The maximum absolute atomic E-state index is 11.9. The number of carbonyl (C=O) groups is 1. The van der Waals surface area contributed by atoms with Gasteiger partial charge in [0.1, 0.15) is 5.75 Å². The van der Waals surface area contributed by atoms with Crippen molar-refractivity contribution in [1.29, 1.82) is 0 Å². The molecule has 2 unspecified atom stereocenters. The summed E-state index contributed by atoms with van der Waals surface area (Å²) in [6, 6.07) is 18.0. The number of esters is 1. The molecule has 0 aliphatic rings. The standard InChI is InChI=1S/C15H12B2O2/c16-13(11-7-3-1-4-8-11)14(17)15(18)19-12-9-5-2-6-10-12/h1-10,13-14H. The Morgan fingerprint density at radius 2 is 1.42 bits per heavy atom. The van der Waals surface area contributed by atoms with Gasteiger partial charge >= 0.3 is 5.97 Å². The third kappa shape index (κ3) is 3.50. The lowest BCUT2D eigenvalue weighted by molar-refractivity contribution is -0.134. The Balaban J connectivity index is 2.03. The Labute approximate surface area is 115 Å². The third-order valence-electron chi connectivity index (χ3n) is 2.81. The molecule has 2 rings (SSSR count). The Morgan fingerprint density at radius 1 is 0.895 bits per heavy atom. The second-order valence-corrected chi connectivity index (χ2v) is 4.20. The van der Waals surface area contributed by atoms with Crippen LogP contribution < -0.4 is 4.74 Å². The zero-order valence-electron chi connectivity index (χ0n) is 10.4. The largest absolute Gasteiger partial charge is 0.427 e. The zero-order chi connectivity index (χ0) is 13.7. The minimum absolute atomic E-state index is 0.461. The van der Waals surface area contributed by atoms with Gasteiger partial charge in [0.15, 0.2) is 0 Å². The second-order valence-electron chi connectivity index (χ2n) is 4.20. The fourth-order valence-electron chi connectivity index (χ4n) is 1.70. The van der Waals surface area contributed by atoms with Gasteiger partial charge in [-0.2, -0.15) is 0 Å². The molecular formula is C15H12B2O2. The molecule has 0 amide bonds. The predicted molar refractivity (Wildman–Crippen MR) is 76.5 cm³/mol. The van der Waals surface area contributed by atoms with Gasteiger partial charge in [0.05, 0.1) is 15.7 Å². The number of rotatable bonds is 4. The van der Waals surface area contributed by atoms with Crippen molar-refractivity contribution in [2.24, 2.45) is 0 Å². The summed E-state index contributed by atoms with van der Waals surface area (Å²) in [7, 11) is 11.8. The monoisotopic (exact) mass is 246 g/mol. The Kier molecular flexibility index (Phi) is 4.45. The van der Waals surface area contributed by atoms with Crippen LogP contribution in [0.3, 0.4) is 0 Å². The lowest BCUT2D eigenvalue weighted by atomic mass is 9.63. The van der Waals surface area contributed by atoms with Crippen LogP contribution in [0.25, 0.3) is 0 Å². The van der Waals surface area contributed by atoms with Crippen LogP contribution in [0.5, 0.6) is 5.75 Å². The molecule has 2 nitrogen and oxygen atoms in total. The number of hydrogen-bond acceptors (Lipinski definition) is 2. The average Bonchev–Trinajstić information content (AvgIpc) is 2.47. The summed E-state index contributed by atoms with van der Waals surface area (Å²) in [5.74, 6) is -1.56. The van der Waals surface area contributed by atoms with Crippen molar-refractivity contribution in [3.63, 3.8) is 0 Å². The molecule has 0 heterocycles. The maximum Gasteiger partial charge on any atom is 0.305 e. The predicted octanol–water partition coefficient (Wildman–Crippen LogP) is 2.46. The molecule has 0 N–H and O–H groups in total. The van der Waals surface area contributed by atoms with E-state index in [0.29, 0.717) is 5.75 Å². The van der Waals surface area contributed by atoms with Crippen LogP contribution in [0, 0.1) is 0 Å². The molecule has 4 heteroatoms. The number of para-hydroxylation sites is 1. The first kappa shape index (κ1) is 13.5. The fourth-order valence-corrected chi connectivity index (χ4v) is 1.70. The first-order valence-electron chi connectivity index (χ1n) is 6.01. The van der Waals surface area contributed by atoms with E-state index in [1.807, 2.05) is 36.4 Å². The Bertz CT molecular complexity index is 528. The van der Waals surface area contributed by atoms with Gasteiger partial charge in [-0.1, -0.05) is 54.1 Å². The molecule has 2 aromatic rings. The first-order valence-corrected chi connectivity index (χ1v) is 6.01. The molecule has 90 valence electrons. The average molecular weight is 246 g/mol. The molecule has 2 aromatic carbocycles. The molecule has 4 radical (unpaired) electrons. The van der Waals surface area contributed by atoms with Crippen LogP contribution >= 0.6 is 0 Å². The minimum Gasteiger partial charge on any atom is -0.427 e. The van der Waals surface area contributed by atoms with Crippen molar-refractivity contribution in [3.8, 4) is 5.75 Å². The van der Waals surface area contributed by atoms with Crippen molar-refractivity contribution in [2.75, 3.05) is 0 Å². The number of carbonyl (C=O) groups excluding carboxylic acids is 1. The van der Waals surface area contributed by atoms with Gasteiger partial charge in [-0.05, 0) is 17.9 Å². The quantitative estimate of drug-likeness (QED) is 0.470. The molecule has 0 bridgehead atoms. The van der Waals surface area contributed by atoms with E-state index in [0.717, 1.165) is 5.56 Å². The van der Waals surface area contributed by atoms with Crippen molar-refractivity contribution < 1.29 is 9.53 Å². The van der Waals surface area contributed by atoms with Crippen molar-refractivity contribution in [2.45, 2.75) is 11.6 Å². The molecule has 0 saturated carbocycles. The van der Waals surface area contributed by atoms with E-state index in [1.54, 1.807) is 24.3 Å². The molecule has 0 fully saturated rings. The van der Waals surface area contributed by atoms with Crippen LogP contribution in [0.1, 0.15) is 11.4 Å². The minimum atomic E-state index is -0.900. The number of ether oxygens (including phenoxy) is 1. The summed E-state index contributed by atoms with van der Waals surface area (Å²) in [5, 5.41) is 0. The lowest BCUT2D eigenvalue weighted by Gasteiger charge is -2.19. The van der Waals surface area contributed by atoms with Gasteiger partial charge in [0.2, 0.25) is 0 Å². The Morgan fingerprint density at radius 3 is 2.00 bits per heavy atom. The van der Waals surface area contributed by atoms with Gasteiger partial charge in [-0.3, -0.25) is 4.79 Å². The summed E-state index contributed by atoms with van der Waals surface area (Å²) < 4.78 is 5.17. The normalized spacial score (nSPS) is 13.5. The van der Waals surface area contributed by atoms with Crippen LogP contribution in [0.4, 0.5) is 0 Å². The van der Waals surface area contributed by atoms with Crippen LogP contribution in [-0.2, 0) is 4.79 Å². The summed E-state index contributed by atoms with van der Waals surface area (Å²) in [4.78, 5) is 11.9. The molecule has 0 saturated heterocycles. The van der Waals surface area contributed by atoms with E-state index in [-0.39, 0.29) is 0 Å². The van der Waals surface area contributed by atoms with Crippen LogP contribution in [0.2, 0.25) is 5.82 Å². The smallest absolute Gasteiger partial charge is 0.305 e. The van der Waals surface area contributed by atoms with Gasteiger partial charge in [0.25, 0.3) is 0 Å². The molecular weight excluding hydrogens is 234 g/mol. The highest BCUT2D eigenvalue weighted by Crippen LogP contribution is 2.25. The summed E-state index contributed by atoms with van der Waals surface area (Å²) >= 11 is 0. The summed E-state index contributed by atoms with van der Waals surface area (Å²) in [6.07, 6.45) is 0. The molecule has 0 aliphatic heterocycles. The van der Waals surface area contributed by atoms with Crippen molar-refractivity contribution >= 4 is 21.7 Å². The highest BCUT2D eigenvalue weighted by atomic mass is 16.5. The van der Waals surface area contributed by atoms with Crippen molar-refractivity contribution in [1.82, 2.24) is 0 Å². The maximum atomic E-state index is 11.9. The van der Waals surface area contributed by atoms with E-state index < -0.39 is 17.6 Å². The first-order chi connectivity index (χ1) is 9.18. The molecule has 0 spiro atoms. The second kappa shape index (κ2) is 6.28. The molecule has 0 aliphatic carbocycles. The van der Waals surface area contributed by atoms with E-state index in [1.165, 1.54) is 0 Å². The van der Waals surface area contributed by atoms with Gasteiger partial charge in [-0.25, -0.2) is 0 Å². The molecule has 19 heavy (non-hydrogen) atoms. The zero-order valence-corrected chi connectivity index (χ0v) is 10.4. The lowest BCUT2D eigenvalue weighted by Crippen LogP contribution is -2.22. The highest BCUT2D eigenvalue weighted by molar-refractivity contribution is 6.29. The third-order valence-corrected chi connectivity index (χ3v) is 2.81. The van der Waals surface area contributed by atoms with E-state index in [2.05, 4.69) is 0 Å². The number of hydrogen-bond donors (Lipinski definition) is 0. The van der Waals surface area contributed by atoms with Gasteiger partial charge < -0.3 is 4.74 Å². The van der Waals surface area contributed by atoms with Gasteiger partial charge in [-0.15, -0.1) is 0 Å². The topological polar surface area (TPSA) is 26.3 Å². The molecule has 2 atom stereocenters. The fraction of sp³-hybridized carbons (Fsp3) is 0.133. The van der Waals surface area contributed by atoms with E-state index in [4.69, 9.17) is 20.4 Å². The van der Waals surface area contributed by atoms with E-state index >= 15 is 0 Å². The van der Waals surface area contributed by atoms with Crippen LogP contribution in [-0.4, -0.2) is 21.7 Å². The highest BCUT2D eigenvalue weighted by Gasteiger charge is 2.22. The SMILES string of the molecule is [B]C(C(=O)Oc1ccccc1)C([B])c1ccccc1. The molecule has 0 aromatic heterocycles. The van der Waals surface area contributed by atoms with Crippen molar-refractivity contribution in [3.05, 3.63) is 66.2 Å². The summed E-state index contributed by atoms with van der Waals surface area (Å²) in [6.45, 7) is 0. The van der Waals surface area contributed by atoms with Gasteiger partial charge in [0, 0.05) is 5.82 Å².